The number of phenols is 2. The second kappa shape index (κ2) is 4.77. The molecule has 0 aliphatic carbocycles. The maximum absolute atomic E-state index is 12.2. The quantitative estimate of drug-likeness (QED) is 0.587. The number of hydrogen-bond donors (Lipinski definition) is 4. The van der Waals surface area contributed by atoms with E-state index in [1.165, 1.54) is 18.2 Å². The summed E-state index contributed by atoms with van der Waals surface area (Å²) in [6, 6.07) is 2.63. The molecule has 0 saturated carbocycles. The van der Waals surface area contributed by atoms with E-state index in [-0.39, 0.29) is 18.5 Å². The number of carbonyl (C=O) groups excluding carboxylic acids is 1. The molecule has 0 bridgehead atoms. The molecule has 2 rings (SSSR count). The Bertz CT molecular complexity index is 509. The van der Waals surface area contributed by atoms with Crippen molar-refractivity contribution in [1.82, 2.24) is 4.90 Å². The SMILES string of the molecule is O=C(O)[C@@H]1CC(O)CN1C(=O)c1c(O)cccc1O. The summed E-state index contributed by atoms with van der Waals surface area (Å²) < 4.78 is 0. The van der Waals surface area contributed by atoms with Gasteiger partial charge in [-0.15, -0.1) is 0 Å². The summed E-state index contributed by atoms with van der Waals surface area (Å²) in [5.74, 6) is -2.93. The van der Waals surface area contributed by atoms with Crippen molar-refractivity contribution in [2.24, 2.45) is 0 Å². The summed E-state index contributed by atoms with van der Waals surface area (Å²) in [5, 5.41) is 37.7. The molecule has 1 amide bonds. The van der Waals surface area contributed by atoms with Crippen LogP contribution in [0.2, 0.25) is 0 Å². The lowest BCUT2D eigenvalue weighted by Crippen LogP contribution is -2.40. The molecular formula is C12H13NO6. The van der Waals surface area contributed by atoms with Crippen molar-refractivity contribution in [2.45, 2.75) is 18.6 Å². The third-order valence-electron chi connectivity index (χ3n) is 3.06. The third-order valence-corrected chi connectivity index (χ3v) is 3.06. The number of β-amino-alcohol motifs (C(OH)–C–C–N with tert-alkyl or cyclic N) is 1. The summed E-state index contributed by atoms with van der Waals surface area (Å²) in [6.07, 6.45) is -1.01. The van der Waals surface area contributed by atoms with Gasteiger partial charge in [-0.2, -0.15) is 0 Å². The van der Waals surface area contributed by atoms with E-state index < -0.39 is 35.5 Å². The topological polar surface area (TPSA) is 118 Å². The Morgan fingerprint density at radius 1 is 1.21 bits per heavy atom. The predicted molar refractivity (Wildman–Crippen MR) is 62.9 cm³/mol. The molecule has 1 aromatic rings. The Balaban J connectivity index is 2.36. The molecular weight excluding hydrogens is 254 g/mol. The summed E-state index contributed by atoms with van der Waals surface area (Å²) >= 11 is 0. The summed E-state index contributed by atoms with van der Waals surface area (Å²) in [4.78, 5) is 24.1. The molecule has 4 N–H and O–H groups in total. The second-order valence-electron chi connectivity index (χ2n) is 4.37. The van der Waals surface area contributed by atoms with Crippen LogP contribution in [0.4, 0.5) is 0 Å². The first-order valence-electron chi connectivity index (χ1n) is 5.64. The van der Waals surface area contributed by atoms with Crippen LogP contribution in [0.15, 0.2) is 18.2 Å². The number of aliphatic hydroxyl groups excluding tert-OH is 1. The molecule has 2 atom stereocenters. The van der Waals surface area contributed by atoms with Gasteiger partial charge in [0.05, 0.1) is 6.10 Å². The van der Waals surface area contributed by atoms with Crippen LogP contribution in [-0.4, -0.2) is 55.9 Å². The van der Waals surface area contributed by atoms with E-state index in [2.05, 4.69) is 0 Å². The van der Waals surface area contributed by atoms with Gasteiger partial charge in [-0.05, 0) is 12.1 Å². The van der Waals surface area contributed by atoms with Crippen molar-refractivity contribution in [2.75, 3.05) is 6.54 Å². The van der Waals surface area contributed by atoms with Crippen molar-refractivity contribution in [3.8, 4) is 11.5 Å². The van der Waals surface area contributed by atoms with Crippen molar-refractivity contribution in [1.29, 1.82) is 0 Å². The first kappa shape index (κ1) is 13.2. The zero-order valence-corrected chi connectivity index (χ0v) is 9.85. The Labute approximate surface area is 108 Å². The van der Waals surface area contributed by atoms with Gasteiger partial charge in [-0.25, -0.2) is 4.79 Å². The summed E-state index contributed by atoms with van der Waals surface area (Å²) in [7, 11) is 0. The largest absolute Gasteiger partial charge is 0.507 e. The number of phenolic OH excluding ortho intramolecular Hbond substituents is 2. The van der Waals surface area contributed by atoms with Crippen molar-refractivity contribution in [3.63, 3.8) is 0 Å². The van der Waals surface area contributed by atoms with Crippen molar-refractivity contribution >= 4 is 11.9 Å². The molecule has 1 fully saturated rings. The molecule has 1 unspecified atom stereocenters. The Kier molecular flexibility index (Phi) is 3.30. The van der Waals surface area contributed by atoms with E-state index in [9.17, 15) is 24.9 Å². The van der Waals surface area contributed by atoms with Gasteiger partial charge in [0.2, 0.25) is 0 Å². The van der Waals surface area contributed by atoms with Crippen molar-refractivity contribution < 1.29 is 30.0 Å². The minimum absolute atomic E-state index is 0.0740. The number of aliphatic carboxylic acids is 1. The molecule has 1 aliphatic rings. The van der Waals surface area contributed by atoms with Gasteiger partial charge in [-0.1, -0.05) is 6.07 Å². The molecule has 1 aliphatic heterocycles. The number of benzene rings is 1. The molecule has 1 heterocycles. The van der Waals surface area contributed by atoms with E-state index in [1.54, 1.807) is 0 Å². The monoisotopic (exact) mass is 267 g/mol. The van der Waals surface area contributed by atoms with Crippen LogP contribution in [0, 0.1) is 0 Å². The Morgan fingerprint density at radius 3 is 2.32 bits per heavy atom. The second-order valence-corrected chi connectivity index (χ2v) is 4.37. The van der Waals surface area contributed by atoms with Crippen molar-refractivity contribution in [3.05, 3.63) is 23.8 Å². The smallest absolute Gasteiger partial charge is 0.326 e. The average molecular weight is 267 g/mol. The molecule has 7 nitrogen and oxygen atoms in total. The van der Waals surface area contributed by atoms with Gasteiger partial charge in [0.25, 0.3) is 5.91 Å². The number of aromatic hydroxyl groups is 2. The maximum atomic E-state index is 12.2. The number of rotatable bonds is 2. The molecule has 1 aromatic carbocycles. The minimum atomic E-state index is -1.24. The van der Waals surface area contributed by atoms with Gasteiger partial charge >= 0.3 is 5.97 Å². The molecule has 1 saturated heterocycles. The van der Waals surface area contributed by atoms with Crippen LogP contribution in [-0.2, 0) is 4.79 Å². The number of aliphatic hydroxyl groups is 1. The van der Waals surface area contributed by atoms with E-state index in [1.807, 2.05) is 0 Å². The van der Waals surface area contributed by atoms with Gasteiger partial charge in [0, 0.05) is 13.0 Å². The van der Waals surface area contributed by atoms with Gasteiger partial charge in [-0.3, -0.25) is 4.79 Å². The van der Waals surface area contributed by atoms with E-state index >= 15 is 0 Å². The first-order chi connectivity index (χ1) is 8.91. The van der Waals surface area contributed by atoms with Crippen LogP contribution in [0.25, 0.3) is 0 Å². The Hall–Kier alpha value is -2.28. The minimum Gasteiger partial charge on any atom is -0.507 e. The first-order valence-corrected chi connectivity index (χ1v) is 5.64. The van der Waals surface area contributed by atoms with E-state index in [0.29, 0.717) is 0 Å². The number of likely N-dealkylation sites (tertiary alicyclic amines) is 1. The fourth-order valence-electron chi connectivity index (χ4n) is 2.16. The Morgan fingerprint density at radius 2 is 1.79 bits per heavy atom. The highest BCUT2D eigenvalue weighted by molar-refractivity contribution is 6.01. The number of carboxylic acids is 1. The highest BCUT2D eigenvalue weighted by Crippen LogP contribution is 2.30. The zero-order valence-electron chi connectivity index (χ0n) is 9.85. The van der Waals surface area contributed by atoms with Crippen LogP contribution < -0.4 is 0 Å². The number of hydrogen-bond acceptors (Lipinski definition) is 5. The lowest BCUT2D eigenvalue weighted by atomic mass is 10.1. The average Bonchev–Trinajstić information content (AvgIpc) is 2.71. The predicted octanol–water partition coefficient (Wildman–Crippen LogP) is -0.242. The molecule has 19 heavy (non-hydrogen) atoms. The third kappa shape index (κ3) is 2.32. The van der Waals surface area contributed by atoms with Crippen LogP contribution in [0.1, 0.15) is 16.8 Å². The number of carboxylic acid groups (broad SMARTS) is 1. The maximum Gasteiger partial charge on any atom is 0.326 e. The highest BCUT2D eigenvalue weighted by Gasteiger charge is 2.40. The lowest BCUT2D eigenvalue weighted by molar-refractivity contribution is -0.141. The zero-order chi connectivity index (χ0) is 14.2. The number of amides is 1. The normalized spacial score (nSPS) is 22.5. The van der Waals surface area contributed by atoms with E-state index in [0.717, 1.165) is 4.90 Å². The number of carbonyl (C=O) groups is 2. The van der Waals surface area contributed by atoms with Crippen LogP contribution in [0.5, 0.6) is 11.5 Å². The highest BCUT2D eigenvalue weighted by atomic mass is 16.4. The lowest BCUT2D eigenvalue weighted by Gasteiger charge is -2.21. The van der Waals surface area contributed by atoms with Gasteiger partial charge in [0.15, 0.2) is 0 Å². The fourth-order valence-corrected chi connectivity index (χ4v) is 2.16. The van der Waals surface area contributed by atoms with Crippen LogP contribution in [0.3, 0.4) is 0 Å². The molecule has 0 aromatic heterocycles. The van der Waals surface area contributed by atoms with Gasteiger partial charge < -0.3 is 25.3 Å². The molecule has 102 valence electrons. The summed E-state index contributed by atoms with van der Waals surface area (Å²) in [6.45, 7) is -0.149. The molecule has 7 heteroatoms. The summed E-state index contributed by atoms with van der Waals surface area (Å²) in [5.41, 5.74) is -0.358. The standard InChI is InChI=1S/C12H13NO6/c14-6-4-7(12(18)19)13(5-6)11(17)10-8(15)2-1-3-9(10)16/h1-3,6-7,14-16H,4-5H2,(H,18,19)/t6?,7-/m0/s1. The number of nitrogens with zero attached hydrogens (tertiary/aromatic N) is 1. The van der Waals surface area contributed by atoms with Crippen LogP contribution >= 0.6 is 0 Å². The van der Waals surface area contributed by atoms with Gasteiger partial charge in [0.1, 0.15) is 23.1 Å². The fraction of sp³-hybridized carbons (Fsp3) is 0.333. The van der Waals surface area contributed by atoms with E-state index in [4.69, 9.17) is 5.11 Å². The molecule has 0 radical (unpaired) electrons. The molecule has 0 spiro atoms.